The van der Waals surface area contributed by atoms with Gasteiger partial charge in [0.25, 0.3) is 17.7 Å². The molecule has 3 rings (SSSR count). The van der Waals surface area contributed by atoms with Gasteiger partial charge in [0.1, 0.15) is 5.69 Å². The third kappa shape index (κ3) is 8.44. The molecule has 0 saturated carbocycles. The van der Waals surface area contributed by atoms with Crippen LogP contribution in [0.1, 0.15) is 77.5 Å². The van der Waals surface area contributed by atoms with E-state index in [1.54, 1.807) is 0 Å². The Morgan fingerprint density at radius 3 is 2.07 bits per heavy atom. The first-order chi connectivity index (χ1) is 21.0. The number of halogens is 2. The largest absolute Gasteiger partial charge is 0.403 e. The first kappa shape index (κ1) is 37.8. The zero-order valence-electron chi connectivity index (χ0n) is 28.4. The molecule has 1 fully saturated rings. The van der Waals surface area contributed by atoms with Gasteiger partial charge in [0.2, 0.25) is 6.23 Å². The highest BCUT2D eigenvalue weighted by Gasteiger charge is 2.64. The standard InChI is InChI=1S/C30H48F2N4O8Si2/c1-28(2,3)45(7,8)43-23-25(44-46(9,10)29(4,5)6)42-26(30(23,31)32)36-18-16-20(33-27(36)40)24(39)34-41-19-13-11-12-17-35-21(37)14-15-22(35)38/h14-16,18,23,25-26H,11-13,17,19H2,1-10H3,(H,34,39). The van der Waals surface area contributed by atoms with Gasteiger partial charge < -0.3 is 13.6 Å². The van der Waals surface area contributed by atoms with Crippen molar-refractivity contribution in [2.75, 3.05) is 13.2 Å². The SMILES string of the molecule is CC(C)(C)[Si](C)(C)OC1OC(n2ccc(C(=O)NOCCCCCN3C(=O)C=CC3=O)nc2=O)C(F)(F)C1O[Si](C)(C)C(C)(C)C. The Morgan fingerprint density at radius 2 is 1.52 bits per heavy atom. The maximum absolute atomic E-state index is 16.2. The molecule has 1 N–H and O–H groups in total. The lowest BCUT2D eigenvalue weighted by atomic mass is 10.2. The van der Waals surface area contributed by atoms with Gasteiger partial charge in [-0.05, 0) is 61.6 Å². The predicted octanol–water partition coefficient (Wildman–Crippen LogP) is 4.90. The molecule has 0 spiro atoms. The van der Waals surface area contributed by atoms with E-state index in [9.17, 15) is 19.2 Å². The Bertz CT molecular complexity index is 1370. The highest BCUT2D eigenvalue weighted by molar-refractivity contribution is 6.74. The maximum Gasteiger partial charge on any atom is 0.350 e. The number of rotatable bonds is 13. The van der Waals surface area contributed by atoms with Gasteiger partial charge in [-0.2, -0.15) is 13.8 Å². The van der Waals surface area contributed by atoms with E-state index in [0.717, 1.165) is 17.2 Å². The van der Waals surface area contributed by atoms with E-state index in [2.05, 4.69) is 10.5 Å². The Kier molecular flexibility index (Phi) is 11.4. The van der Waals surface area contributed by atoms with Gasteiger partial charge in [-0.25, -0.2) is 10.3 Å². The molecule has 12 nitrogen and oxygen atoms in total. The second-order valence-corrected chi connectivity index (χ2v) is 24.2. The molecule has 3 amide bonds. The maximum atomic E-state index is 16.2. The molecular formula is C30H48F2N4O8Si2. The number of alkyl halides is 2. The van der Waals surface area contributed by atoms with Crippen LogP contribution in [0.15, 0.2) is 29.2 Å². The molecule has 1 aromatic rings. The van der Waals surface area contributed by atoms with E-state index in [-0.39, 0.29) is 40.7 Å². The molecule has 2 aliphatic rings. The highest BCUT2D eigenvalue weighted by atomic mass is 28.4. The molecule has 0 bridgehead atoms. The Labute approximate surface area is 271 Å². The third-order valence-corrected chi connectivity index (χ3v) is 18.1. The lowest BCUT2D eigenvalue weighted by Crippen LogP contribution is -2.54. The number of aromatic nitrogens is 2. The zero-order valence-corrected chi connectivity index (χ0v) is 30.4. The van der Waals surface area contributed by atoms with E-state index in [4.69, 9.17) is 18.4 Å². The summed E-state index contributed by atoms with van der Waals surface area (Å²) in [4.78, 5) is 58.7. The number of hydrogen-bond donors (Lipinski definition) is 1. The molecule has 46 heavy (non-hydrogen) atoms. The van der Waals surface area contributed by atoms with Crippen molar-refractivity contribution in [1.29, 1.82) is 0 Å². The number of ether oxygens (including phenoxy) is 1. The van der Waals surface area contributed by atoms with Crippen molar-refractivity contribution < 1.29 is 41.6 Å². The van der Waals surface area contributed by atoms with Crippen LogP contribution < -0.4 is 11.2 Å². The van der Waals surface area contributed by atoms with Crippen molar-refractivity contribution in [3.63, 3.8) is 0 Å². The summed E-state index contributed by atoms with van der Waals surface area (Å²) in [7, 11) is -5.38. The molecule has 258 valence electrons. The fourth-order valence-electron chi connectivity index (χ4n) is 4.21. The second kappa shape index (κ2) is 13.8. The summed E-state index contributed by atoms with van der Waals surface area (Å²) in [6, 6.07) is 1.13. The van der Waals surface area contributed by atoms with Crippen molar-refractivity contribution in [3.05, 3.63) is 40.6 Å². The van der Waals surface area contributed by atoms with Crippen LogP contribution in [0.25, 0.3) is 0 Å². The van der Waals surface area contributed by atoms with Gasteiger partial charge in [-0.1, -0.05) is 41.5 Å². The minimum Gasteiger partial charge on any atom is -0.403 e. The number of hydrogen-bond acceptors (Lipinski definition) is 9. The molecule has 3 unspecified atom stereocenters. The third-order valence-electron chi connectivity index (χ3n) is 9.17. The molecular weight excluding hydrogens is 639 g/mol. The number of nitrogens with zero attached hydrogens (tertiary/aromatic N) is 3. The minimum absolute atomic E-state index is 0.121. The van der Waals surface area contributed by atoms with Crippen LogP contribution in [0, 0.1) is 0 Å². The topological polar surface area (TPSA) is 138 Å². The smallest absolute Gasteiger partial charge is 0.350 e. The number of carbonyl (C=O) groups is 3. The van der Waals surface area contributed by atoms with Crippen molar-refractivity contribution in [3.8, 4) is 0 Å². The fourth-order valence-corrected chi connectivity index (χ4v) is 6.58. The zero-order chi connectivity index (χ0) is 34.9. The van der Waals surface area contributed by atoms with E-state index in [1.165, 1.54) is 12.2 Å². The molecule has 0 aromatic carbocycles. The van der Waals surface area contributed by atoms with Crippen molar-refractivity contribution >= 4 is 34.4 Å². The first-order valence-corrected chi connectivity index (χ1v) is 21.2. The molecule has 2 aliphatic heterocycles. The van der Waals surface area contributed by atoms with Crippen LogP contribution in [-0.2, 0) is 28.0 Å². The van der Waals surface area contributed by atoms with E-state index >= 15 is 8.78 Å². The van der Waals surface area contributed by atoms with Gasteiger partial charge in [0.15, 0.2) is 29.0 Å². The van der Waals surface area contributed by atoms with Gasteiger partial charge >= 0.3 is 11.6 Å². The number of amides is 3. The van der Waals surface area contributed by atoms with Crippen LogP contribution in [0.4, 0.5) is 8.78 Å². The summed E-state index contributed by atoms with van der Waals surface area (Å²) in [6.45, 7) is 19.7. The first-order valence-electron chi connectivity index (χ1n) is 15.4. The lowest BCUT2D eigenvalue weighted by Gasteiger charge is -2.43. The van der Waals surface area contributed by atoms with Crippen LogP contribution >= 0.6 is 0 Å². The molecule has 3 heterocycles. The van der Waals surface area contributed by atoms with E-state index in [1.807, 2.05) is 67.7 Å². The van der Waals surface area contributed by atoms with E-state index < -0.39 is 52.8 Å². The summed E-state index contributed by atoms with van der Waals surface area (Å²) in [5.74, 6) is -5.19. The molecule has 3 atom stereocenters. The number of carbonyl (C=O) groups excluding carboxylic acids is 3. The van der Waals surface area contributed by atoms with Crippen LogP contribution in [-0.4, -0.2) is 80.3 Å². The Hall–Kier alpha value is -2.64. The van der Waals surface area contributed by atoms with Gasteiger partial charge in [-0.3, -0.25) is 28.7 Å². The number of imide groups is 1. The monoisotopic (exact) mass is 686 g/mol. The number of nitrogens with one attached hydrogen (secondary N) is 1. The molecule has 1 saturated heterocycles. The molecule has 1 aromatic heterocycles. The van der Waals surface area contributed by atoms with E-state index in [0.29, 0.717) is 23.8 Å². The average Bonchev–Trinajstić information content (AvgIpc) is 3.35. The fraction of sp³-hybridized carbons (Fsp3) is 0.700. The van der Waals surface area contributed by atoms with Crippen LogP contribution in [0.3, 0.4) is 0 Å². The summed E-state index contributed by atoms with van der Waals surface area (Å²) in [6.07, 6.45) is -0.0995. The average molecular weight is 687 g/mol. The van der Waals surface area contributed by atoms with Crippen LogP contribution in [0.5, 0.6) is 0 Å². The molecule has 0 aliphatic carbocycles. The quantitative estimate of drug-likeness (QED) is 0.133. The number of hydroxylamine groups is 1. The summed E-state index contributed by atoms with van der Waals surface area (Å²) >= 11 is 0. The molecule has 16 heteroatoms. The molecule has 0 radical (unpaired) electrons. The minimum atomic E-state index is -3.67. The van der Waals surface area contributed by atoms with Crippen LogP contribution in [0.2, 0.25) is 36.3 Å². The summed E-state index contributed by atoms with van der Waals surface area (Å²) in [5.41, 5.74) is 0.740. The predicted molar refractivity (Wildman–Crippen MR) is 171 cm³/mol. The Morgan fingerprint density at radius 1 is 0.957 bits per heavy atom. The highest BCUT2D eigenvalue weighted by Crippen LogP contribution is 2.50. The second-order valence-electron chi connectivity index (χ2n) is 14.7. The van der Waals surface area contributed by atoms with Gasteiger partial charge in [-0.15, -0.1) is 0 Å². The van der Waals surface area contributed by atoms with Gasteiger partial charge in [0.05, 0.1) is 6.61 Å². The summed E-state index contributed by atoms with van der Waals surface area (Å²) < 4.78 is 51.5. The normalized spacial score (nSPS) is 22.2. The van der Waals surface area contributed by atoms with Crippen molar-refractivity contribution in [1.82, 2.24) is 19.9 Å². The Balaban J connectivity index is 1.68. The lowest BCUT2D eigenvalue weighted by molar-refractivity contribution is -0.146. The summed E-state index contributed by atoms with van der Waals surface area (Å²) in [5, 5.41) is -0.697. The van der Waals surface area contributed by atoms with Gasteiger partial charge in [0, 0.05) is 24.9 Å². The number of unbranched alkanes of at least 4 members (excludes halogenated alkanes) is 2. The van der Waals surface area contributed by atoms with Crippen molar-refractivity contribution in [2.45, 2.75) is 122 Å². The van der Waals surface area contributed by atoms with Crippen molar-refractivity contribution in [2.24, 2.45) is 0 Å².